The quantitative estimate of drug-likeness (QED) is 0.784. The van der Waals surface area contributed by atoms with Crippen LogP contribution < -0.4 is 15.5 Å². The topological polar surface area (TPSA) is 92.8 Å². The molecule has 0 aliphatic carbocycles. The number of carbonyl (C=O) groups is 2. The summed E-state index contributed by atoms with van der Waals surface area (Å²) in [5.41, 5.74) is 1.41. The molecule has 160 valence electrons. The van der Waals surface area contributed by atoms with Crippen LogP contribution in [0.15, 0.2) is 42.6 Å². The summed E-state index contributed by atoms with van der Waals surface area (Å²) in [6, 6.07) is 10.6. The van der Waals surface area contributed by atoms with Gasteiger partial charge in [0.05, 0.1) is 13.2 Å². The van der Waals surface area contributed by atoms with Crippen LogP contribution in [-0.4, -0.2) is 48.9 Å². The van der Waals surface area contributed by atoms with Gasteiger partial charge in [0.25, 0.3) is 5.91 Å². The molecule has 1 aromatic carbocycles. The van der Waals surface area contributed by atoms with Crippen molar-refractivity contribution >= 4 is 23.5 Å². The lowest BCUT2D eigenvalue weighted by Gasteiger charge is -2.27. The van der Waals surface area contributed by atoms with Crippen molar-refractivity contribution in [2.45, 2.75) is 32.9 Å². The van der Waals surface area contributed by atoms with E-state index in [0.29, 0.717) is 31.0 Å². The molecule has 2 heterocycles. The summed E-state index contributed by atoms with van der Waals surface area (Å²) >= 11 is 0. The highest BCUT2D eigenvalue weighted by atomic mass is 16.6. The van der Waals surface area contributed by atoms with Crippen molar-refractivity contribution in [1.82, 2.24) is 10.3 Å². The van der Waals surface area contributed by atoms with Crippen LogP contribution in [0.5, 0.6) is 0 Å². The number of aromatic nitrogens is 1. The maximum atomic E-state index is 12.4. The zero-order valence-corrected chi connectivity index (χ0v) is 17.6. The van der Waals surface area contributed by atoms with Crippen molar-refractivity contribution in [1.29, 1.82) is 0 Å². The average Bonchev–Trinajstić information content (AvgIpc) is 2.72. The molecule has 8 heteroatoms. The largest absolute Gasteiger partial charge is 0.444 e. The summed E-state index contributed by atoms with van der Waals surface area (Å²) in [6.45, 7) is 8.87. The molecule has 0 unspecified atom stereocenters. The number of hydrogen-bond acceptors (Lipinski definition) is 6. The average molecular weight is 412 g/mol. The van der Waals surface area contributed by atoms with Crippen molar-refractivity contribution in [3.8, 4) is 0 Å². The second kappa shape index (κ2) is 9.58. The third kappa shape index (κ3) is 6.45. The van der Waals surface area contributed by atoms with E-state index in [0.717, 1.165) is 24.5 Å². The Hall–Kier alpha value is -3.13. The lowest BCUT2D eigenvalue weighted by atomic mass is 10.2. The van der Waals surface area contributed by atoms with E-state index in [1.54, 1.807) is 51.2 Å². The normalized spacial score (nSPS) is 14.2. The van der Waals surface area contributed by atoms with Crippen LogP contribution in [0.4, 0.5) is 16.3 Å². The fourth-order valence-corrected chi connectivity index (χ4v) is 2.91. The smallest absolute Gasteiger partial charge is 0.412 e. The summed E-state index contributed by atoms with van der Waals surface area (Å²) in [6.07, 6.45) is 1.24. The van der Waals surface area contributed by atoms with Crippen molar-refractivity contribution in [2.24, 2.45) is 0 Å². The molecule has 0 radical (unpaired) electrons. The molecule has 0 saturated carbocycles. The van der Waals surface area contributed by atoms with Crippen molar-refractivity contribution < 1.29 is 19.1 Å². The zero-order valence-electron chi connectivity index (χ0n) is 17.6. The molecule has 0 atom stereocenters. The Morgan fingerprint density at radius 2 is 1.80 bits per heavy atom. The van der Waals surface area contributed by atoms with Crippen LogP contribution in [0.25, 0.3) is 0 Å². The first-order chi connectivity index (χ1) is 14.3. The minimum Gasteiger partial charge on any atom is -0.444 e. The Morgan fingerprint density at radius 1 is 1.10 bits per heavy atom. The number of ether oxygens (including phenoxy) is 2. The standard InChI is InChI=1S/C22H28N4O4/c1-22(2,3)30-21(28)25-18-7-5-17(6-8-18)20(27)24-15-16-4-9-19(23-14-16)26-10-12-29-13-11-26/h4-9,14H,10-13,15H2,1-3H3,(H,24,27)(H,25,28). The maximum Gasteiger partial charge on any atom is 0.412 e. The van der Waals surface area contributed by atoms with Gasteiger partial charge in [-0.3, -0.25) is 10.1 Å². The van der Waals surface area contributed by atoms with E-state index in [-0.39, 0.29) is 5.91 Å². The lowest BCUT2D eigenvalue weighted by Crippen LogP contribution is -2.36. The van der Waals surface area contributed by atoms with Gasteiger partial charge < -0.3 is 19.7 Å². The highest BCUT2D eigenvalue weighted by molar-refractivity contribution is 5.95. The van der Waals surface area contributed by atoms with Crippen molar-refractivity contribution in [3.63, 3.8) is 0 Å². The zero-order chi connectivity index (χ0) is 21.6. The van der Waals surface area contributed by atoms with Crippen LogP contribution >= 0.6 is 0 Å². The molecule has 3 rings (SSSR count). The van der Waals surface area contributed by atoms with E-state index in [1.807, 2.05) is 12.1 Å². The molecule has 8 nitrogen and oxygen atoms in total. The van der Waals surface area contributed by atoms with E-state index in [4.69, 9.17) is 9.47 Å². The third-order valence-electron chi connectivity index (χ3n) is 4.39. The molecule has 1 saturated heterocycles. The van der Waals surface area contributed by atoms with Gasteiger partial charge in [-0.05, 0) is 56.7 Å². The first kappa shape index (κ1) is 21.6. The monoisotopic (exact) mass is 412 g/mol. The maximum absolute atomic E-state index is 12.4. The van der Waals surface area contributed by atoms with Crippen molar-refractivity contribution in [3.05, 3.63) is 53.7 Å². The fraction of sp³-hybridized carbons (Fsp3) is 0.409. The van der Waals surface area contributed by atoms with E-state index in [2.05, 4.69) is 20.5 Å². The Labute approximate surface area is 176 Å². The van der Waals surface area contributed by atoms with Crippen LogP contribution in [0, 0.1) is 0 Å². The van der Waals surface area contributed by atoms with Gasteiger partial charge in [-0.2, -0.15) is 0 Å². The number of carbonyl (C=O) groups excluding carboxylic acids is 2. The molecule has 2 N–H and O–H groups in total. The number of pyridine rings is 1. The van der Waals surface area contributed by atoms with E-state index in [9.17, 15) is 9.59 Å². The molecule has 2 amide bonds. The summed E-state index contributed by atoms with van der Waals surface area (Å²) in [5, 5.41) is 5.52. The Bertz CT molecular complexity index is 854. The highest BCUT2D eigenvalue weighted by Gasteiger charge is 2.16. The summed E-state index contributed by atoms with van der Waals surface area (Å²) in [7, 11) is 0. The number of hydrogen-bond donors (Lipinski definition) is 2. The summed E-state index contributed by atoms with van der Waals surface area (Å²) in [4.78, 5) is 30.9. The minimum atomic E-state index is -0.570. The van der Waals surface area contributed by atoms with Gasteiger partial charge in [-0.15, -0.1) is 0 Å². The Kier molecular flexibility index (Phi) is 6.89. The van der Waals surface area contributed by atoms with Gasteiger partial charge in [-0.1, -0.05) is 6.07 Å². The molecule has 30 heavy (non-hydrogen) atoms. The second-order valence-corrected chi connectivity index (χ2v) is 8.01. The molecule has 1 fully saturated rings. The molecular formula is C22H28N4O4. The third-order valence-corrected chi connectivity index (χ3v) is 4.39. The van der Waals surface area contributed by atoms with E-state index < -0.39 is 11.7 Å². The Balaban J connectivity index is 1.49. The van der Waals surface area contributed by atoms with Gasteiger partial charge in [0, 0.05) is 37.1 Å². The summed E-state index contributed by atoms with van der Waals surface area (Å²) < 4.78 is 10.6. The van der Waals surface area contributed by atoms with Crippen LogP contribution in [0.1, 0.15) is 36.7 Å². The fourth-order valence-electron chi connectivity index (χ4n) is 2.91. The number of nitrogens with one attached hydrogen (secondary N) is 2. The predicted molar refractivity (Wildman–Crippen MR) is 115 cm³/mol. The summed E-state index contributed by atoms with van der Waals surface area (Å²) in [5.74, 6) is 0.720. The Morgan fingerprint density at radius 3 is 2.40 bits per heavy atom. The SMILES string of the molecule is CC(C)(C)OC(=O)Nc1ccc(C(=O)NCc2ccc(N3CCOCC3)nc2)cc1. The van der Waals surface area contributed by atoms with E-state index >= 15 is 0 Å². The molecule has 1 aliphatic rings. The number of anilines is 2. The number of benzene rings is 1. The highest BCUT2D eigenvalue weighted by Crippen LogP contribution is 2.15. The number of rotatable bonds is 5. The van der Waals surface area contributed by atoms with Crippen LogP contribution in [0.3, 0.4) is 0 Å². The van der Waals surface area contributed by atoms with Crippen molar-refractivity contribution in [2.75, 3.05) is 36.5 Å². The van der Waals surface area contributed by atoms with Gasteiger partial charge in [0.15, 0.2) is 0 Å². The molecule has 2 aromatic rings. The lowest BCUT2D eigenvalue weighted by molar-refractivity contribution is 0.0635. The predicted octanol–water partition coefficient (Wildman–Crippen LogP) is 3.20. The van der Waals surface area contributed by atoms with E-state index in [1.165, 1.54) is 0 Å². The van der Waals surface area contributed by atoms with Gasteiger partial charge in [0.2, 0.25) is 0 Å². The minimum absolute atomic E-state index is 0.198. The molecule has 1 aliphatic heterocycles. The van der Waals surface area contributed by atoms with Crippen LogP contribution in [-0.2, 0) is 16.0 Å². The first-order valence-corrected chi connectivity index (χ1v) is 9.96. The molecule has 0 bridgehead atoms. The number of amides is 2. The number of nitrogens with zero attached hydrogens (tertiary/aromatic N) is 2. The number of morpholine rings is 1. The molecule has 1 aromatic heterocycles. The van der Waals surface area contributed by atoms with Crippen LogP contribution in [0.2, 0.25) is 0 Å². The second-order valence-electron chi connectivity index (χ2n) is 8.01. The van der Waals surface area contributed by atoms with Gasteiger partial charge >= 0.3 is 6.09 Å². The molecular weight excluding hydrogens is 384 g/mol. The van der Waals surface area contributed by atoms with Gasteiger partial charge in [-0.25, -0.2) is 9.78 Å². The first-order valence-electron chi connectivity index (χ1n) is 9.96. The molecule has 0 spiro atoms. The van der Waals surface area contributed by atoms with Gasteiger partial charge in [0.1, 0.15) is 11.4 Å².